The van der Waals surface area contributed by atoms with E-state index in [2.05, 4.69) is 0 Å². The first-order chi connectivity index (χ1) is 13.7. The van der Waals surface area contributed by atoms with Gasteiger partial charge in [0.05, 0.1) is 0 Å². The first-order valence-corrected chi connectivity index (χ1v) is 8.95. The number of fused-ring (bicyclic) bond motifs is 1. The first kappa shape index (κ1) is 17.8. The van der Waals surface area contributed by atoms with Gasteiger partial charge in [0.1, 0.15) is 6.61 Å². The summed E-state index contributed by atoms with van der Waals surface area (Å²) in [4.78, 5) is 25.8. The number of carbonyl (C=O) groups excluding carboxylic acids is 2. The monoisotopic (exact) mass is 374 g/mol. The number of carbonyl (C=O) groups is 2. The summed E-state index contributed by atoms with van der Waals surface area (Å²) in [6.45, 7) is 0.0247. The molecular weight excluding hydrogens is 356 g/mol. The van der Waals surface area contributed by atoms with Crippen LogP contribution >= 0.6 is 0 Å². The number of hydrogen-bond acceptors (Lipinski definition) is 5. The molecule has 0 N–H and O–H groups in total. The Bertz CT molecular complexity index is 969. The van der Waals surface area contributed by atoms with E-state index in [-0.39, 0.29) is 12.4 Å². The van der Waals surface area contributed by atoms with Crippen LogP contribution in [0.5, 0.6) is 11.5 Å². The van der Waals surface area contributed by atoms with Gasteiger partial charge in [-0.05, 0) is 12.1 Å². The Kier molecular flexibility index (Phi) is 5.06. The van der Waals surface area contributed by atoms with Crippen LogP contribution in [0.1, 0.15) is 22.0 Å². The standard InChI is InChI=1S/C23H18O5/c24-21(16-9-3-1-4-10-16)22(17-11-5-2-6-12-17)28-23(25)20-15-26-18-13-7-8-14-19(18)27-20/h1-14,20,22H,15H2/t20-,22+/m0/s1. The Morgan fingerprint density at radius 2 is 1.43 bits per heavy atom. The van der Waals surface area contributed by atoms with Crippen LogP contribution in [0, 0.1) is 0 Å². The van der Waals surface area contributed by atoms with Gasteiger partial charge in [-0.2, -0.15) is 0 Å². The number of ether oxygens (including phenoxy) is 3. The molecule has 1 aliphatic heterocycles. The Morgan fingerprint density at radius 3 is 2.14 bits per heavy atom. The highest BCUT2D eigenvalue weighted by Crippen LogP contribution is 2.32. The van der Waals surface area contributed by atoms with Gasteiger partial charge in [-0.25, -0.2) is 4.79 Å². The Hall–Kier alpha value is -3.60. The molecule has 0 fully saturated rings. The summed E-state index contributed by atoms with van der Waals surface area (Å²) < 4.78 is 16.9. The maximum atomic E-state index is 13.0. The summed E-state index contributed by atoms with van der Waals surface area (Å²) in [5.74, 6) is 0.109. The third kappa shape index (κ3) is 3.74. The molecule has 0 amide bonds. The number of Topliss-reactive ketones (excluding diaryl/α,β-unsaturated/α-hetero) is 1. The largest absolute Gasteiger partial charge is 0.485 e. The molecule has 3 aromatic rings. The average molecular weight is 374 g/mol. The van der Waals surface area contributed by atoms with E-state index in [1.807, 2.05) is 18.2 Å². The van der Waals surface area contributed by atoms with Crippen molar-refractivity contribution >= 4 is 11.8 Å². The summed E-state index contributed by atoms with van der Waals surface area (Å²) >= 11 is 0. The molecule has 4 rings (SSSR count). The SMILES string of the molecule is O=C(O[C@@H](C(=O)c1ccccc1)c1ccccc1)[C@@H]1COc2ccccc2O1. The lowest BCUT2D eigenvalue weighted by molar-refractivity contribution is -0.158. The van der Waals surface area contributed by atoms with Crippen LogP contribution in [-0.4, -0.2) is 24.5 Å². The predicted molar refractivity (Wildman–Crippen MR) is 102 cm³/mol. The van der Waals surface area contributed by atoms with E-state index >= 15 is 0 Å². The van der Waals surface area contributed by atoms with Crippen molar-refractivity contribution in [1.29, 1.82) is 0 Å². The Balaban J connectivity index is 1.56. The minimum Gasteiger partial charge on any atom is -0.485 e. The van der Waals surface area contributed by atoms with Crippen molar-refractivity contribution in [3.8, 4) is 11.5 Å². The molecule has 28 heavy (non-hydrogen) atoms. The first-order valence-electron chi connectivity index (χ1n) is 8.95. The van der Waals surface area contributed by atoms with E-state index in [9.17, 15) is 9.59 Å². The molecule has 0 saturated heterocycles. The second-order valence-electron chi connectivity index (χ2n) is 6.32. The zero-order valence-electron chi connectivity index (χ0n) is 15.0. The highest BCUT2D eigenvalue weighted by molar-refractivity contribution is 6.01. The van der Waals surface area contributed by atoms with Crippen LogP contribution in [0.3, 0.4) is 0 Å². The van der Waals surface area contributed by atoms with Crippen LogP contribution in [-0.2, 0) is 9.53 Å². The Morgan fingerprint density at radius 1 is 0.821 bits per heavy atom. The fourth-order valence-corrected chi connectivity index (χ4v) is 2.98. The van der Waals surface area contributed by atoms with Crippen molar-refractivity contribution in [2.75, 3.05) is 6.61 Å². The van der Waals surface area contributed by atoms with Gasteiger partial charge in [-0.1, -0.05) is 72.8 Å². The molecule has 3 aromatic carbocycles. The van der Waals surface area contributed by atoms with Crippen molar-refractivity contribution in [2.45, 2.75) is 12.2 Å². The molecule has 0 radical (unpaired) electrons. The van der Waals surface area contributed by atoms with E-state index in [0.717, 1.165) is 0 Å². The summed E-state index contributed by atoms with van der Waals surface area (Å²) in [6.07, 6.45) is -2.00. The summed E-state index contributed by atoms with van der Waals surface area (Å²) in [7, 11) is 0. The predicted octanol–water partition coefficient (Wildman–Crippen LogP) is 3.99. The zero-order chi connectivity index (χ0) is 19.3. The molecular formula is C23H18O5. The van der Waals surface area contributed by atoms with Crippen LogP contribution in [0.15, 0.2) is 84.9 Å². The van der Waals surface area contributed by atoms with Gasteiger partial charge in [0, 0.05) is 11.1 Å². The van der Waals surface area contributed by atoms with Crippen molar-refractivity contribution in [3.05, 3.63) is 96.1 Å². The van der Waals surface area contributed by atoms with Crippen molar-refractivity contribution in [2.24, 2.45) is 0 Å². The van der Waals surface area contributed by atoms with Crippen LogP contribution in [0.25, 0.3) is 0 Å². The molecule has 5 heteroatoms. The maximum absolute atomic E-state index is 13.0. The second kappa shape index (κ2) is 7.96. The molecule has 0 saturated carbocycles. The number of rotatable bonds is 5. The van der Waals surface area contributed by atoms with E-state index in [4.69, 9.17) is 14.2 Å². The molecule has 0 unspecified atom stereocenters. The van der Waals surface area contributed by atoms with Gasteiger partial charge in [-0.3, -0.25) is 4.79 Å². The van der Waals surface area contributed by atoms with Crippen LogP contribution < -0.4 is 9.47 Å². The van der Waals surface area contributed by atoms with Gasteiger partial charge in [0.15, 0.2) is 17.6 Å². The topological polar surface area (TPSA) is 61.8 Å². The zero-order valence-corrected chi connectivity index (χ0v) is 15.0. The molecule has 5 nitrogen and oxygen atoms in total. The van der Waals surface area contributed by atoms with Crippen LogP contribution in [0.2, 0.25) is 0 Å². The lowest BCUT2D eigenvalue weighted by Gasteiger charge is -2.26. The maximum Gasteiger partial charge on any atom is 0.352 e. The van der Waals surface area contributed by atoms with E-state index in [1.165, 1.54) is 0 Å². The summed E-state index contributed by atoms with van der Waals surface area (Å²) in [5, 5.41) is 0. The van der Waals surface area contributed by atoms with E-state index < -0.39 is 18.2 Å². The summed E-state index contributed by atoms with van der Waals surface area (Å²) in [5.41, 5.74) is 1.07. The number of para-hydroxylation sites is 2. The molecule has 2 atom stereocenters. The van der Waals surface area contributed by atoms with Crippen molar-refractivity contribution in [1.82, 2.24) is 0 Å². The smallest absolute Gasteiger partial charge is 0.352 e. The summed E-state index contributed by atoms with van der Waals surface area (Å²) in [6, 6.07) is 24.8. The molecule has 1 heterocycles. The normalized spacial score (nSPS) is 16.1. The minimum atomic E-state index is -1.06. The average Bonchev–Trinajstić information content (AvgIpc) is 2.77. The second-order valence-corrected chi connectivity index (χ2v) is 6.32. The van der Waals surface area contributed by atoms with Gasteiger partial charge in [0.2, 0.25) is 11.9 Å². The highest BCUT2D eigenvalue weighted by Gasteiger charge is 2.33. The number of hydrogen-bond donors (Lipinski definition) is 0. The lowest BCUT2D eigenvalue weighted by Crippen LogP contribution is -2.39. The molecule has 1 aliphatic rings. The molecule has 0 bridgehead atoms. The quantitative estimate of drug-likeness (QED) is 0.499. The van der Waals surface area contributed by atoms with Crippen molar-refractivity contribution in [3.63, 3.8) is 0 Å². The molecule has 140 valence electrons. The van der Waals surface area contributed by atoms with E-state index in [1.54, 1.807) is 66.7 Å². The molecule has 0 aliphatic carbocycles. The minimum absolute atomic E-state index is 0.0247. The molecule has 0 aromatic heterocycles. The van der Waals surface area contributed by atoms with Gasteiger partial charge in [0.25, 0.3) is 0 Å². The Labute approximate surface area is 162 Å². The number of ketones is 1. The van der Waals surface area contributed by atoms with Gasteiger partial charge in [-0.15, -0.1) is 0 Å². The van der Waals surface area contributed by atoms with E-state index in [0.29, 0.717) is 22.6 Å². The van der Waals surface area contributed by atoms with Crippen LogP contribution in [0.4, 0.5) is 0 Å². The van der Waals surface area contributed by atoms with Gasteiger partial charge < -0.3 is 14.2 Å². The third-order valence-electron chi connectivity index (χ3n) is 4.40. The third-order valence-corrected chi connectivity index (χ3v) is 4.40. The van der Waals surface area contributed by atoms with Crippen molar-refractivity contribution < 1.29 is 23.8 Å². The fourth-order valence-electron chi connectivity index (χ4n) is 2.98. The lowest BCUT2D eigenvalue weighted by atomic mass is 10.00. The van der Waals surface area contributed by atoms with Gasteiger partial charge >= 0.3 is 5.97 Å². The molecule has 0 spiro atoms. The number of esters is 1. The highest BCUT2D eigenvalue weighted by atomic mass is 16.6. The number of benzene rings is 3. The fraction of sp³-hybridized carbons (Fsp3) is 0.130.